The number of carbonyl (C=O) groups is 1. The molecule has 0 radical (unpaired) electrons. The van der Waals surface area contributed by atoms with Gasteiger partial charge in [0.25, 0.3) is 0 Å². The molecule has 0 aliphatic carbocycles. The van der Waals surface area contributed by atoms with E-state index in [9.17, 15) is 4.79 Å². The van der Waals surface area contributed by atoms with E-state index in [2.05, 4.69) is 35.5 Å². The number of amides is 2. The lowest BCUT2D eigenvalue weighted by Gasteiger charge is -2.14. The zero-order valence-electron chi connectivity index (χ0n) is 15.2. The number of H-pyrrole nitrogens is 1. The van der Waals surface area contributed by atoms with E-state index in [1.807, 2.05) is 48.7 Å². The number of benzene rings is 2. The molecule has 0 unspecified atom stereocenters. The van der Waals surface area contributed by atoms with Gasteiger partial charge in [-0.2, -0.15) is 0 Å². The maximum atomic E-state index is 12.2. The number of para-hydroxylation sites is 3. The van der Waals surface area contributed by atoms with E-state index in [-0.39, 0.29) is 6.03 Å². The minimum Gasteiger partial charge on any atom is -0.491 e. The molecule has 0 atom stereocenters. The van der Waals surface area contributed by atoms with Gasteiger partial charge in [0.2, 0.25) is 0 Å². The highest BCUT2D eigenvalue weighted by molar-refractivity contribution is 5.91. The second-order valence-corrected chi connectivity index (χ2v) is 6.69. The fourth-order valence-electron chi connectivity index (χ4n) is 2.77. The first-order valence-electron chi connectivity index (χ1n) is 8.95. The van der Waals surface area contributed by atoms with Gasteiger partial charge >= 0.3 is 6.03 Å². The molecule has 2 aromatic carbocycles. The molecule has 1 heterocycles. The number of nitrogens with one attached hydrogen (secondary N) is 3. The number of rotatable bonds is 7. The average Bonchev–Trinajstić information content (AvgIpc) is 3.04. The van der Waals surface area contributed by atoms with Crippen LogP contribution in [-0.4, -0.2) is 24.2 Å². The Morgan fingerprint density at radius 1 is 1.12 bits per heavy atom. The van der Waals surface area contributed by atoms with Crippen LogP contribution in [0.3, 0.4) is 0 Å². The third kappa shape index (κ3) is 4.57. The number of hydrogen-bond acceptors (Lipinski definition) is 2. The number of hydrogen-bond donors (Lipinski definition) is 3. The summed E-state index contributed by atoms with van der Waals surface area (Å²) in [5.41, 5.74) is 2.99. The molecule has 1 aromatic heterocycles. The van der Waals surface area contributed by atoms with E-state index in [0.29, 0.717) is 30.5 Å². The maximum Gasteiger partial charge on any atom is 0.319 e. The summed E-state index contributed by atoms with van der Waals surface area (Å²) in [6.45, 7) is 5.35. The molecular formula is C21H25N3O2. The summed E-state index contributed by atoms with van der Waals surface area (Å²) in [5, 5.41) is 6.97. The second kappa shape index (κ2) is 8.43. The van der Waals surface area contributed by atoms with E-state index < -0.39 is 0 Å². The number of urea groups is 1. The molecule has 0 fully saturated rings. The highest BCUT2D eigenvalue weighted by Gasteiger charge is 2.08. The molecule has 0 bridgehead atoms. The maximum absolute atomic E-state index is 12.2. The van der Waals surface area contributed by atoms with Crippen LogP contribution in [0, 0.1) is 5.92 Å². The normalized spacial score (nSPS) is 10.9. The third-order valence-electron chi connectivity index (χ3n) is 4.06. The van der Waals surface area contributed by atoms with E-state index in [1.54, 1.807) is 0 Å². The Labute approximate surface area is 153 Å². The van der Waals surface area contributed by atoms with Crippen molar-refractivity contribution in [3.63, 3.8) is 0 Å². The summed E-state index contributed by atoms with van der Waals surface area (Å²) < 4.78 is 5.76. The van der Waals surface area contributed by atoms with Crippen LogP contribution in [0.4, 0.5) is 10.5 Å². The lowest BCUT2D eigenvalue weighted by Crippen LogP contribution is -2.30. The van der Waals surface area contributed by atoms with Gasteiger partial charge in [0, 0.05) is 23.6 Å². The summed E-state index contributed by atoms with van der Waals surface area (Å²) in [6, 6.07) is 15.4. The molecule has 0 aliphatic rings. The van der Waals surface area contributed by atoms with Gasteiger partial charge in [-0.15, -0.1) is 0 Å². The molecule has 3 aromatic rings. The second-order valence-electron chi connectivity index (χ2n) is 6.69. The first kappa shape index (κ1) is 17.9. The number of aromatic nitrogens is 1. The van der Waals surface area contributed by atoms with Crippen molar-refractivity contribution in [1.82, 2.24) is 10.3 Å². The van der Waals surface area contributed by atoms with Gasteiger partial charge in [-0.1, -0.05) is 44.2 Å². The zero-order chi connectivity index (χ0) is 18.4. The van der Waals surface area contributed by atoms with Crippen molar-refractivity contribution in [3.05, 3.63) is 60.3 Å². The summed E-state index contributed by atoms with van der Waals surface area (Å²) in [5.74, 6) is 1.11. The van der Waals surface area contributed by atoms with Gasteiger partial charge in [0.05, 0.1) is 12.3 Å². The van der Waals surface area contributed by atoms with E-state index >= 15 is 0 Å². The van der Waals surface area contributed by atoms with Crippen LogP contribution in [0.25, 0.3) is 10.9 Å². The molecule has 3 rings (SSSR count). The minimum atomic E-state index is -0.231. The average molecular weight is 351 g/mol. The van der Waals surface area contributed by atoms with Crippen LogP contribution in [0.5, 0.6) is 5.75 Å². The number of anilines is 1. The summed E-state index contributed by atoms with van der Waals surface area (Å²) >= 11 is 0. The van der Waals surface area contributed by atoms with Crippen molar-refractivity contribution >= 4 is 22.6 Å². The molecule has 0 saturated heterocycles. The summed E-state index contributed by atoms with van der Waals surface area (Å²) in [6.07, 6.45) is 2.77. The molecule has 0 saturated carbocycles. The van der Waals surface area contributed by atoms with Crippen molar-refractivity contribution < 1.29 is 9.53 Å². The van der Waals surface area contributed by atoms with Crippen LogP contribution in [0.2, 0.25) is 0 Å². The predicted octanol–water partition coefficient (Wildman–Crippen LogP) is 4.57. The Bertz CT molecular complexity index is 870. The number of ether oxygens (including phenoxy) is 1. The Morgan fingerprint density at radius 3 is 2.73 bits per heavy atom. The largest absolute Gasteiger partial charge is 0.491 e. The topological polar surface area (TPSA) is 66.2 Å². The molecule has 3 N–H and O–H groups in total. The van der Waals surface area contributed by atoms with Crippen molar-refractivity contribution in [1.29, 1.82) is 0 Å². The monoisotopic (exact) mass is 351 g/mol. The first-order valence-corrected chi connectivity index (χ1v) is 8.95. The minimum absolute atomic E-state index is 0.231. The molecule has 0 aliphatic heterocycles. The lowest BCUT2D eigenvalue weighted by molar-refractivity contribution is 0.251. The quantitative estimate of drug-likeness (QED) is 0.584. The van der Waals surface area contributed by atoms with Gasteiger partial charge in [0.15, 0.2) is 0 Å². The SMILES string of the molecule is CC(C)COc1ccccc1NC(=O)NCCc1c[nH]c2ccccc12. The van der Waals surface area contributed by atoms with Gasteiger partial charge in [-0.3, -0.25) is 0 Å². The summed E-state index contributed by atoms with van der Waals surface area (Å²) in [4.78, 5) is 15.5. The molecule has 2 amide bonds. The summed E-state index contributed by atoms with van der Waals surface area (Å²) in [7, 11) is 0. The Hall–Kier alpha value is -2.95. The fourth-order valence-corrected chi connectivity index (χ4v) is 2.77. The van der Waals surface area contributed by atoms with Gasteiger partial charge in [-0.05, 0) is 36.1 Å². The Kier molecular flexibility index (Phi) is 5.79. The van der Waals surface area contributed by atoms with Crippen molar-refractivity contribution in [3.8, 4) is 5.75 Å². The highest BCUT2D eigenvalue weighted by Crippen LogP contribution is 2.24. The van der Waals surface area contributed by atoms with E-state index in [0.717, 1.165) is 11.9 Å². The smallest absolute Gasteiger partial charge is 0.319 e. The van der Waals surface area contributed by atoms with Crippen LogP contribution in [0.1, 0.15) is 19.4 Å². The molecule has 136 valence electrons. The van der Waals surface area contributed by atoms with Gasteiger partial charge < -0.3 is 20.4 Å². The van der Waals surface area contributed by atoms with E-state index in [1.165, 1.54) is 10.9 Å². The standard InChI is InChI=1S/C21H25N3O2/c1-15(2)14-26-20-10-6-5-9-19(20)24-21(25)22-12-11-16-13-23-18-8-4-3-7-17(16)18/h3-10,13,15,23H,11-12,14H2,1-2H3,(H2,22,24,25). The lowest BCUT2D eigenvalue weighted by atomic mass is 10.1. The van der Waals surface area contributed by atoms with Crippen LogP contribution >= 0.6 is 0 Å². The third-order valence-corrected chi connectivity index (χ3v) is 4.06. The number of carbonyl (C=O) groups excluding carboxylic acids is 1. The highest BCUT2D eigenvalue weighted by atomic mass is 16.5. The van der Waals surface area contributed by atoms with Crippen molar-refractivity contribution in [2.75, 3.05) is 18.5 Å². The van der Waals surface area contributed by atoms with Gasteiger partial charge in [-0.25, -0.2) is 4.79 Å². The predicted molar refractivity (Wildman–Crippen MR) is 106 cm³/mol. The van der Waals surface area contributed by atoms with Crippen LogP contribution in [-0.2, 0) is 6.42 Å². The van der Waals surface area contributed by atoms with Crippen LogP contribution < -0.4 is 15.4 Å². The Morgan fingerprint density at radius 2 is 1.88 bits per heavy atom. The molecule has 26 heavy (non-hydrogen) atoms. The zero-order valence-corrected chi connectivity index (χ0v) is 15.2. The van der Waals surface area contributed by atoms with Crippen molar-refractivity contribution in [2.24, 2.45) is 5.92 Å². The molecule has 5 heteroatoms. The Balaban J connectivity index is 1.53. The van der Waals surface area contributed by atoms with Gasteiger partial charge in [0.1, 0.15) is 5.75 Å². The fraction of sp³-hybridized carbons (Fsp3) is 0.286. The van der Waals surface area contributed by atoms with Crippen LogP contribution in [0.15, 0.2) is 54.7 Å². The number of aromatic amines is 1. The molecule has 0 spiro atoms. The van der Waals surface area contributed by atoms with E-state index in [4.69, 9.17) is 4.74 Å². The first-order chi connectivity index (χ1) is 12.6. The molecule has 5 nitrogen and oxygen atoms in total. The van der Waals surface area contributed by atoms with Crippen molar-refractivity contribution in [2.45, 2.75) is 20.3 Å². The number of fused-ring (bicyclic) bond motifs is 1. The molecular weight excluding hydrogens is 326 g/mol.